The fourth-order valence-corrected chi connectivity index (χ4v) is 10.8. The van der Waals surface area contributed by atoms with E-state index in [1.54, 1.807) is 0 Å². The van der Waals surface area contributed by atoms with Crippen LogP contribution in [0.25, 0.3) is 0 Å². The molecular weight excluding hydrogens is 440 g/mol. The van der Waals surface area contributed by atoms with Gasteiger partial charge in [-0.15, -0.1) is 0 Å². The third-order valence-corrected chi connectivity index (χ3v) is 12.9. The first-order valence-corrected chi connectivity index (χ1v) is 13.8. The van der Waals surface area contributed by atoms with Crippen molar-refractivity contribution < 1.29 is 24.6 Å². The van der Waals surface area contributed by atoms with E-state index >= 15 is 0 Å². The average Bonchev–Trinajstić information content (AvgIpc) is 2.75. The summed E-state index contributed by atoms with van der Waals surface area (Å²) in [4.78, 5) is 38.1. The second-order valence-electron chi connectivity index (χ2n) is 14.6. The molecule has 35 heavy (non-hydrogen) atoms. The Morgan fingerprint density at radius 1 is 0.857 bits per heavy atom. The van der Waals surface area contributed by atoms with E-state index in [9.17, 15) is 24.6 Å². The predicted molar refractivity (Wildman–Crippen MR) is 134 cm³/mol. The number of allylic oxidation sites excluding steroid dienone is 2. The number of rotatable bonds is 2. The van der Waals surface area contributed by atoms with E-state index in [-0.39, 0.29) is 22.2 Å². The average molecular weight is 485 g/mol. The summed E-state index contributed by atoms with van der Waals surface area (Å²) in [6, 6.07) is 0. The van der Waals surface area contributed by atoms with E-state index in [4.69, 9.17) is 0 Å². The first kappa shape index (κ1) is 25.0. The van der Waals surface area contributed by atoms with Gasteiger partial charge in [0, 0.05) is 11.8 Å². The van der Waals surface area contributed by atoms with Gasteiger partial charge in [0.15, 0.2) is 0 Å². The van der Waals surface area contributed by atoms with Gasteiger partial charge in [0.1, 0.15) is 5.78 Å². The van der Waals surface area contributed by atoms with E-state index in [1.807, 2.05) is 6.92 Å². The molecule has 8 atom stereocenters. The Hall–Kier alpha value is -1.65. The third-order valence-electron chi connectivity index (χ3n) is 12.9. The number of Topliss-reactive ketones (excluding diaryl/α,β-unsaturated/α-hetero) is 1. The highest BCUT2D eigenvalue weighted by atomic mass is 16.4. The minimum absolute atomic E-state index is 0.0185. The summed E-state index contributed by atoms with van der Waals surface area (Å²) < 4.78 is 0. The van der Waals surface area contributed by atoms with Gasteiger partial charge in [-0.1, -0.05) is 46.3 Å². The van der Waals surface area contributed by atoms with E-state index < -0.39 is 28.2 Å². The van der Waals surface area contributed by atoms with E-state index in [0.29, 0.717) is 49.7 Å². The second-order valence-corrected chi connectivity index (χ2v) is 14.6. The van der Waals surface area contributed by atoms with Crippen molar-refractivity contribution in [3.63, 3.8) is 0 Å². The zero-order valence-corrected chi connectivity index (χ0v) is 22.5. The van der Waals surface area contributed by atoms with Crippen molar-refractivity contribution in [3.8, 4) is 0 Å². The Balaban J connectivity index is 1.59. The molecule has 0 radical (unpaired) electrons. The maximum Gasteiger partial charge on any atom is 0.310 e. The number of hydrogen-bond acceptors (Lipinski definition) is 3. The summed E-state index contributed by atoms with van der Waals surface area (Å²) >= 11 is 0. The lowest BCUT2D eigenvalue weighted by Crippen LogP contribution is -2.64. The van der Waals surface area contributed by atoms with E-state index in [2.05, 4.69) is 40.7 Å². The van der Waals surface area contributed by atoms with Gasteiger partial charge >= 0.3 is 11.9 Å². The van der Waals surface area contributed by atoms with Gasteiger partial charge in [0.25, 0.3) is 0 Å². The minimum Gasteiger partial charge on any atom is -0.481 e. The molecule has 194 valence electrons. The van der Waals surface area contributed by atoms with Crippen LogP contribution in [-0.4, -0.2) is 27.9 Å². The molecule has 0 unspecified atom stereocenters. The van der Waals surface area contributed by atoms with Crippen molar-refractivity contribution in [2.45, 2.75) is 106 Å². The van der Waals surface area contributed by atoms with Crippen LogP contribution in [0.15, 0.2) is 11.6 Å². The molecule has 0 aromatic rings. The molecule has 0 saturated heterocycles. The maximum absolute atomic E-state index is 12.9. The smallest absolute Gasteiger partial charge is 0.310 e. The van der Waals surface area contributed by atoms with Crippen molar-refractivity contribution in [2.75, 3.05) is 0 Å². The van der Waals surface area contributed by atoms with Crippen molar-refractivity contribution >= 4 is 17.7 Å². The first-order chi connectivity index (χ1) is 16.1. The van der Waals surface area contributed by atoms with Gasteiger partial charge in [0.05, 0.1) is 10.8 Å². The molecule has 4 fully saturated rings. The number of carbonyl (C=O) groups is 3. The van der Waals surface area contributed by atoms with Crippen LogP contribution in [0, 0.1) is 50.2 Å². The lowest BCUT2D eigenvalue weighted by atomic mass is 9.35. The Morgan fingerprint density at radius 3 is 2.17 bits per heavy atom. The number of aliphatic carboxylic acids is 2. The van der Waals surface area contributed by atoms with E-state index in [1.165, 1.54) is 5.57 Å². The van der Waals surface area contributed by atoms with Crippen molar-refractivity contribution in [2.24, 2.45) is 50.2 Å². The van der Waals surface area contributed by atoms with Crippen molar-refractivity contribution in [1.29, 1.82) is 0 Å². The minimum atomic E-state index is -0.889. The lowest BCUT2D eigenvalue weighted by Gasteiger charge is -2.68. The van der Waals surface area contributed by atoms with Crippen LogP contribution in [0.4, 0.5) is 0 Å². The Morgan fingerprint density at radius 2 is 1.54 bits per heavy atom. The lowest BCUT2D eigenvalue weighted by molar-refractivity contribution is -0.191. The summed E-state index contributed by atoms with van der Waals surface area (Å²) in [6.45, 7) is 13.1. The summed E-state index contributed by atoms with van der Waals surface area (Å²) in [5.41, 5.74) is -1.15. The summed E-state index contributed by atoms with van der Waals surface area (Å²) in [6.07, 6.45) is 9.69. The van der Waals surface area contributed by atoms with Gasteiger partial charge < -0.3 is 10.2 Å². The van der Waals surface area contributed by atoms with Crippen molar-refractivity contribution in [3.05, 3.63) is 11.6 Å². The Bertz CT molecular complexity index is 1030. The number of carboxylic acids is 2. The van der Waals surface area contributed by atoms with Crippen LogP contribution in [0.2, 0.25) is 0 Å². The molecule has 4 saturated carbocycles. The molecule has 5 aliphatic carbocycles. The highest BCUT2D eigenvalue weighted by Crippen LogP contribution is 2.74. The van der Waals surface area contributed by atoms with E-state index in [0.717, 1.165) is 32.1 Å². The summed E-state index contributed by atoms with van der Waals surface area (Å²) in [5.74, 6) is -0.184. The van der Waals surface area contributed by atoms with Crippen LogP contribution in [0.3, 0.4) is 0 Å². The summed E-state index contributed by atoms with van der Waals surface area (Å²) in [7, 11) is 0. The Labute approximate surface area is 210 Å². The molecule has 5 aliphatic rings. The van der Waals surface area contributed by atoms with Crippen LogP contribution in [0.5, 0.6) is 0 Å². The molecule has 0 aromatic carbocycles. The van der Waals surface area contributed by atoms with Gasteiger partial charge in [-0.05, 0) is 98.7 Å². The number of fused-ring (bicyclic) bond motifs is 7. The van der Waals surface area contributed by atoms with Gasteiger partial charge in [-0.25, -0.2) is 0 Å². The predicted octanol–water partition coefficient (Wildman–Crippen LogP) is 6.51. The molecule has 0 aliphatic heterocycles. The van der Waals surface area contributed by atoms with Crippen LogP contribution < -0.4 is 0 Å². The van der Waals surface area contributed by atoms with Crippen LogP contribution >= 0.6 is 0 Å². The van der Waals surface area contributed by atoms with Gasteiger partial charge in [-0.2, -0.15) is 0 Å². The van der Waals surface area contributed by atoms with Gasteiger partial charge in [0.2, 0.25) is 0 Å². The third kappa shape index (κ3) is 2.90. The molecule has 0 amide bonds. The normalized spacial score (nSPS) is 50.6. The topological polar surface area (TPSA) is 91.7 Å². The quantitative estimate of drug-likeness (QED) is 0.436. The number of hydrogen-bond donors (Lipinski definition) is 2. The molecule has 5 heteroatoms. The number of carboxylic acid groups (broad SMARTS) is 2. The fraction of sp³-hybridized carbons (Fsp3) is 0.833. The highest BCUT2D eigenvalue weighted by Gasteiger charge is 2.69. The molecule has 5 rings (SSSR count). The molecule has 0 bridgehead atoms. The zero-order chi connectivity index (χ0) is 25.8. The molecule has 0 heterocycles. The number of carbonyl (C=O) groups excluding carboxylic acids is 1. The highest BCUT2D eigenvalue weighted by molar-refractivity contribution is 5.85. The fourth-order valence-electron chi connectivity index (χ4n) is 10.8. The second kappa shape index (κ2) is 7.22. The monoisotopic (exact) mass is 484 g/mol. The zero-order valence-electron chi connectivity index (χ0n) is 22.5. The first-order valence-electron chi connectivity index (χ1n) is 13.8. The SMILES string of the molecule is CC1(C)C(=O)CC[C@]2(C)[C@H]3CC[C@H]4C(=CC[C@@]5(C(=O)O)CC[C@@](C)(C(=O)O)C[C@@]45C)[C@]3(C)CC[C@@H]12. The largest absolute Gasteiger partial charge is 0.481 e. The van der Waals surface area contributed by atoms with Gasteiger partial charge in [-0.3, -0.25) is 14.4 Å². The molecule has 0 aromatic heterocycles. The van der Waals surface area contributed by atoms with Crippen LogP contribution in [0.1, 0.15) is 106 Å². The maximum atomic E-state index is 12.9. The number of ketones is 1. The molecule has 0 spiro atoms. The summed E-state index contributed by atoms with van der Waals surface area (Å²) in [5, 5.41) is 20.7. The molecule has 2 N–H and O–H groups in total. The standard InChI is InChI=1S/C30H44O5/c1-25(2)20-10-12-27(4)18-9-14-30(24(34)35)16-15-26(3,23(32)33)17-29(30,6)19(18)7-8-21(27)28(20,5)13-11-22(25)31/h9,19-21H,7-8,10-17H2,1-6H3,(H,32,33)(H,34,35)/t19-,20-,21-,26+,27-,28-,29-,30-/m0/s1. The molecular formula is C30H44O5. The van der Waals surface area contributed by atoms with Crippen molar-refractivity contribution in [1.82, 2.24) is 0 Å². The molecule has 5 nitrogen and oxygen atoms in total. The van der Waals surface area contributed by atoms with Crippen LogP contribution in [-0.2, 0) is 14.4 Å². The Kier molecular flexibility index (Phi) is 5.16.